The van der Waals surface area contributed by atoms with E-state index < -0.39 is 0 Å². The van der Waals surface area contributed by atoms with Crippen LogP contribution in [0.1, 0.15) is 25.3 Å². The van der Waals surface area contributed by atoms with Crippen molar-refractivity contribution in [1.82, 2.24) is 5.32 Å². The molecule has 1 aromatic rings. The molecule has 0 unspecified atom stereocenters. The largest absolute Gasteiger partial charge is 0.338 e. The van der Waals surface area contributed by atoms with Crippen LogP contribution < -0.4 is 10.2 Å². The Balaban J connectivity index is 2.59. The topological polar surface area (TPSA) is 56.1 Å². The van der Waals surface area contributed by atoms with Crippen LogP contribution in [0.2, 0.25) is 0 Å². The van der Waals surface area contributed by atoms with Gasteiger partial charge in [-0.25, -0.2) is 4.79 Å². The number of carbonyl (C=O) groups excluding carboxylic acids is 1. The first-order valence-electron chi connectivity index (χ1n) is 5.70. The molecule has 0 radical (unpaired) electrons. The van der Waals surface area contributed by atoms with Crippen molar-refractivity contribution in [3.63, 3.8) is 0 Å². The van der Waals surface area contributed by atoms with E-state index in [9.17, 15) is 4.79 Å². The molecule has 0 bridgehead atoms. The molecule has 0 heterocycles. The van der Waals surface area contributed by atoms with Gasteiger partial charge >= 0.3 is 6.03 Å². The Kier molecular flexibility index (Phi) is 5.02. The summed E-state index contributed by atoms with van der Waals surface area (Å²) >= 11 is 0. The summed E-state index contributed by atoms with van der Waals surface area (Å²) in [5.74, 6) is 0. The molecule has 17 heavy (non-hydrogen) atoms. The van der Waals surface area contributed by atoms with Gasteiger partial charge in [-0.1, -0.05) is 13.3 Å². The van der Waals surface area contributed by atoms with E-state index in [2.05, 4.69) is 12.2 Å². The van der Waals surface area contributed by atoms with Crippen molar-refractivity contribution in [1.29, 1.82) is 5.26 Å². The first kappa shape index (κ1) is 13.0. The molecule has 1 rings (SSSR count). The lowest BCUT2D eigenvalue weighted by molar-refractivity contribution is 0.247. The second kappa shape index (κ2) is 6.54. The van der Waals surface area contributed by atoms with Crippen LogP contribution in [0.4, 0.5) is 10.5 Å². The van der Waals surface area contributed by atoms with Gasteiger partial charge in [0.25, 0.3) is 0 Å². The van der Waals surface area contributed by atoms with Gasteiger partial charge in [0.1, 0.15) is 0 Å². The summed E-state index contributed by atoms with van der Waals surface area (Å²) in [7, 11) is 1.71. The van der Waals surface area contributed by atoms with Gasteiger partial charge in [0, 0.05) is 19.3 Å². The summed E-state index contributed by atoms with van der Waals surface area (Å²) in [5.41, 5.74) is 1.37. The van der Waals surface area contributed by atoms with E-state index >= 15 is 0 Å². The number of hydrogen-bond donors (Lipinski definition) is 1. The van der Waals surface area contributed by atoms with Gasteiger partial charge in [-0.3, -0.25) is 4.90 Å². The second-order valence-corrected chi connectivity index (χ2v) is 3.80. The van der Waals surface area contributed by atoms with E-state index in [4.69, 9.17) is 5.26 Å². The van der Waals surface area contributed by atoms with Crippen molar-refractivity contribution in [2.24, 2.45) is 0 Å². The highest BCUT2D eigenvalue weighted by Gasteiger charge is 2.09. The third-order valence-electron chi connectivity index (χ3n) is 2.49. The molecule has 0 aromatic heterocycles. The van der Waals surface area contributed by atoms with E-state index in [0.717, 1.165) is 18.5 Å². The molecule has 2 amide bonds. The molecule has 0 saturated heterocycles. The van der Waals surface area contributed by atoms with E-state index in [0.29, 0.717) is 12.1 Å². The fraction of sp³-hybridized carbons (Fsp3) is 0.385. The Morgan fingerprint density at radius 1 is 1.41 bits per heavy atom. The molecule has 4 heteroatoms. The number of urea groups is 1. The molecule has 1 aromatic carbocycles. The number of nitriles is 1. The fourth-order valence-electron chi connectivity index (χ4n) is 1.37. The van der Waals surface area contributed by atoms with Gasteiger partial charge < -0.3 is 5.32 Å². The standard InChI is InChI=1S/C13H17N3O/c1-3-4-9-15-13(17)16(2)12-7-5-11(10-14)6-8-12/h5-8H,3-4,9H2,1-2H3,(H,15,17). The van der Waals surface area contributed by atoms with E-state index in [1.807, 2.05) is 6.07 Å². The smallest absolute Gasteiger partial charge is 0.321 e. The minimum Gasteiger partial charge on any atom is -0.338 e. The average Bonchev–Trinajstić information content (AvgIpc) is 2.38. The Morgan fingerprint density at radius 2 is 2.06 bits per heavy atom. The van der Waals surface area contributed by atoms with Crippen molar-refractivity contribution in [3.05, 3.63) is 29.8 Å². The zero-order valence-electron chi connectivity index (χ0n) is 10.2. The highest BCUT2D eigenvalue weighted by atomic mass is 16.2. The molecule has 0 aliphatic carbocycles. The van der Waals surface area contributed by atoms with Crippen molar-refractivity contribution in [2.75, 3.05) is 18.5 Å². The van der Waals surface area contributed by atoms with Gasteiger partial charge in [0.05, 0.1) is 11.6 Å². The van der Waals surface area contributed by atoms with Crippen molar-refractivity contribution in [2.45, 2.75) is 19.8 Å². The first-order chi connectivity index (χ1) is 8.19. The third kappa shape index (κ3) is 3.80. The average molecular weight is 231 g/mol. The Bertz CT molecular complexity index is 406. The molecule has 0 spiro atoms. The number of hydrogen-bond acceptors (Lipinski definition) is 2. The fourth-order valence-corrected chi connectivity index (χ4v) is 1.37. The summed E-state index contributed by atoms with van der Waals surface area (Å²) in [6, 6.07) is 8.85. The number of anilines is 1. The SMILES string of the molecule is CCCCNC(=O)N(C)c1ccc(C#N)cc1. The lowest BCUT2D eigenvalue weighted by Crippen LogP contribution is -2.37. The maximum Gasteiger partial charge on any atom is 0.321 e. The normalized spacial score (nSPS) is 9.47. The maximum atomic E-state index is 11.7. The van der Waals surface area contributed by atoms with Gasteiger partial charge in [-0.2, -0.15) is 5.26 Å². The van der Waals surface area contributed by atoms with Crippen LogP contribution in [0, 0.1) is 11.3 Å². The number of nitrogens with one attached hydrogen (secondary N) is 1. The molecule has 0 aliphatic rings. The van der Waals surface area contributed by atoms with E-state index in [-0.39, 0.29) is 6.03 Å². The molecule has 0 fully saturated rings. The van der Waals surface area contributed by atoms with Crippen molar-refractivity contribution >= 4 is 11.7 Å². The van der Waals surface area contributed by atoms with Gasteiger partial charge in [-0.05, 0) is 30.7 Å². The summed E-state index contributed by atoms with van der Waals surface area (Å²) in [5, 5.41) is 11.5. The maximum absolute atomic E-state index is 11.7. The Morgan fingerprint density at radius 3 is 2.59 bits per heavy atom. The number of unbranched alkanes of at least 4 members (excludes halogenated alkanes) is 1. The summed E-state index contributed by atoms with van der Waals surface area (Å²) in [4.78, 5) is 13.3. The van der Waals surface area contributed by atoms with Crippen LogP contribution in [-0.2, 0) is 0 Å². The quantitative estimate of drug-likeness (QED) is 0.809. The predicted molar refractivity (Wildman–Crippen MR) is 67.9 cm³/mol. The van der Waals surface area contributed by atoms with Gasteiger partial charge in [-0.15, -0.1) is 0 Å². The lowest BCUT2D eigenvalue weighted by atomic mass is 10.2. The molecule has 0 saturated carbocycles. The number of amides is 2. The van der Waals surface area contributed by atoms with Crippen LogP contribution in [-0.4, -0.2) is 19.6 Å². The van der Waals surface area contributed by atoms with Crippen LogP contribution in [0.5, 0.6) is 0 Å². The number of nitrogens with zero attached hydrogens (tertiary/aromatic N) is 2. The monoisotopic (exact) mass is 231 g/mol. The predicted octanol–water partition coefficient (Wildman–Crippen LogP) is 2.50. The Hall–Kier alpha value is -2.02. The van der Waals surface area contributed by atoms with Crippen LogP contribution in [0.15, 0.2) is 24.3 Å². The van der Waals surface area contributed by atoms with Crippen molar-refractivity contribution in [3.8, 4) is 6.07 Å². The Labute approximate surface area is 102 Å². The van der Waals surface area contributed by atoms with E-state index in [1.54, 1.807) is 31.3 Å². The van der Waals surface area contributed by atoms with Crippen LogP contribution >= 0.6 is 0 Å². The highest BCUT2D eigenvalue weighted by molar-refractivity contribution is 5.91. The van der Waals surface area contributed by atoms with Gasteiger partial charge in [0.2, 0.25) is 0 Å². The third-order valence-corrected chi connectivity index (χ3v) is 2.49. The molecular weight excluding hydrogens is 214 g/mol. The molecular formula is C13H17N3O. The molecule has 1 N–H and O–H groups in total. The van der Waals surface area contributed by atoms with E-state index in [1.165, 1.54) is 4.90 Å². The molecule has 0 atom stereocenters. The molecule has 90 valence electrons. The zero-order chi connectivity index (χ0) is 12.7. The summed E-state index contributed by atoms with van der Waals surface area (Å²) < 4.78 is 0. The van der Waals surface area contributed by atoms with Crippen LogP contribution in [0.25, 0.3) is 0 Å². The minimum absolute atomic E-state index is 0.122. The minimum atomic E-state index is -0.122. The molecule has 0 aliphatic heterocycles. The number of rotatable bonds is 4. The van der Waals surface area contributed by atoms with Gasteiger partial charge in [0.15, 0.2) is 0 Å². The zero-order valence-corrected chi connectivity index (χ0v) is 10.2. The van der Waals surface area contributed by atoms with Crippen LogP contribution in [0.3, 0.4) is 0 Å². The highest BCUT2D eigenvalue weighted by Crippen LogP contribution is 2.13. The van der Waals surface area contributed by atoms with Crippen molar-refractivity contribution < 1.29 is 4.79 Å². The number of benzene rings is 1. The second-order valence-electron chi connectivity index (χ2n) is 3.80. The lowest BCUT2D eigenvalue weighted by Gasteiger charge is -2.17. The first-order valence-corrected chi connectivity index (χ1v) is 5.70. The summed E-state index contributed by atoms with van der Waals surface area (Å²) in [6.45, 7) is 2.77. The number of carbonyl (C=O) groups is 1. The summed E-state index contributed by atoms with van der Waals surface area (Å²) in [6.07, 6.45) is 2.04. The molecule has 4 nitrogen and oxygen atoms in total.